The summed E-state index contributed by atoms with van der Waals surface area (Å²) in [6.45, 7) is 1.65. The average molecular weight is 262 g/mol. The van der Waals surface area contributed by atoms with Gasteiger partial charge < -0.3 is 10.0 Å². The summed E-state index contributed by atoms with van der Waals surface area (Å²) >= 11 is 0. The molecule has 1 aromatic carbocycles. The third kappa shape index (κ3) is 3.47. The van der Waals surface area contributed by atoms with Crippen LogP contribution in [0.4, 0.5) is 5.69 Å². The van der Waals surface area contributed by atoms with E-state index < -0.39 is 5.97 Å². The zero-order chi connectivity index (χ0) is 13.8. The van der Waals surface area contributed by atoms with Crippen LogP contribution in [0.1, 0.15) is 30.9 Å². The van der Waals surface area contributed by atoms with Crippen LogP contribution in [0.2, 0.25) is 0 Å². The van der Waals surface area contributed by atoms with Crippen LogP contribution in [0.25, 0.3) is 0 Å². The fourth-order valence-electron chi connectivity index (χ4n) is 2.72. The van der Waals surface area contributed by atoms with Crippen LogP contribution in [0, 0.1) is 0 Å². The third-order valence-electron chi connectivity index (χ3n) is 3.75. The Morgan fingerprint density at radius 3 is 2.95 bits per heavy atom. The van der Waals surface area contributed by atoms with E-state index in [4.69, 9.17) is 5.11 Å². The van der Waals surface area contributed by atoms with Crippen LogP contribution in [0.5, 0.6) is 0 Å². The molecule has 0 bridgehead atoms. The second-order valence-corrected chi connectivity index (χ2v) is 5.33. The van der Waals surface area contributed by atoms with Gasteiger partial charge in [-0.25, -0.2) is 0 Å². The van der Waals surface area contributed by atoms with Gasteiger partial charge in [0.05, 0.1) is 6.42 Å². The molecule has 104 valence electrons. The van der Waals surface area contributed by atoms with Gasteiger partial charge in [0.15, 0.2) is 0 Å². The van der Waals surface area contributed by atoms with Crippen molar-refractivity contribution in [1.82, 2.24) is 4.90 Å². The number of likely N-dealkylation sites (tertiary alicyclic amines) is 1. The Bertz CT molecular complexity index is 446. The van der Waals surface area contributed by atoms with E-state index >= 15 is 0 Å². The predicted octanol–water partition coefficient (Wildman–Crippen LogP) is 2.36. The highest BCUT2D eigenvalue weighted by Crippen LogP contribution is 2.33. The van der Waals surface area contributed by atoms with E-state index in [0.717, 1.165) is 19.4 Å². The van der Waals surface area contributed by atoms with Crippen LogP contribution >= 0.6 is 0 Å². The average Bonchev–Trinajstić information content (AvgIpc) is 2.84. The van der Waals surface area contributed by atoms with Gasteiger partial charge in [-0.2, -0.15) is 0 Å². The first-order valence-corrected chi connectivity index (χ1v) is 6.81. The molecule has 1 fully saturated rings. The molecule has 4 heteroatoms. The number of aliphatic carboxylic acids is 1. The molecule has 1 N–H and O–H groups in total. The fraction of sp³-hybridized carbons (Fsp3) is 0.533. The van der Waals surface area contributed by atoms with Crippen molar-refractivity contribution in [2.24, 2.45) is 0 Å². The van der Waals surface area contributed by atoms with Gasteiger partial charge in [0.25, 0.3) is 0 Å². The minimum Gasteiger partial charge on any atom is -0.481 e. The van der Waals surface area contributed by atoms with Crippen molar-refractivity contribution in [3.8, 4) is 0 Å². The van der Waals surface area contributed by atoms with E-state index in [-0.39, 0.29) is 6.42 Å². The highest BCUT2D eigenvalue weighted by atomic mass is 16.4. The first-order valence-electron chi connectivity index (χ1n) is 6.81. The van der Waals surface area contributed by atoms with Crippen molar-refractivity contribution < 1.29 is 9.90 Å². The first kappa shape index (κ1) is 13.9. The summed E-state index contributed by atoms with van der Waals surface area (Å²) in [7, 11) is 4.08. The highest BCUT2D eigenvalue weighted by Gasteiger charge is 2.26. The van der Waals surface area contributed by atoms with Crippen molar-refractivity contribution in [3.05, 3.63) is 29.8 Å². The summed E-state index contributed by atoms with van der Waals surface area (Å²) in [6, 6.07) is 8.91. The van der Waals surface area contributed by atoms with Gasteiger partial charge in [-0.15, -0.1) is 0 Å². The van der Waals surface area contributed by atoms with Crippen molar-refractivity contribution in [2.75, 3.05) is 32.1 Å². The molecule has 1 aliphatic rings. The largest absolute Gasteiger partial charge is 0.481 e. The number of carboxylic acid groups (broad SMARTS) is 1. The van der Waals surface area contributed by atoms with Crippen LogP contribution in [-0.4, -0.2) is 43.2 Å². The third-order valence-corrected chi connectivity index (χ3v) is 3.75. The Balaban J connectivity index is 2.10. The van der Waals surface area contributed by atoms with Gasteiger partial charge in [-0.05, 0) is 37.1 Å². The monoisotopic (exact) mass is 262 g/mol. The van der Waals surface area contributed by atoms with Gasteiger partial charge in [-0.1, -0.05) is 12.1 Å². The summed E-state index contributed by atoms with van der Waals surface area (Å²) in [4.78, 5) is 15.1. The lowest BCUT2D eigenvalue weighted by molar-refractivity contribution is -0.137. The van der Waals surface area contributed by atoms with Crippen LogP contribution in [0.3, 0.4) is 0 Å². The Morgan fingerprint density at radius 1 is 1.47 bits per heavy atom. The molecule has 0 amide bonds. The van der Waals surface area contributed by atoms with Gasteiger partial charge >= 0.3 is 5.97 Å². The highest BCUT2D eigenvalue weighted by molar-refractivity contribution is 5.66. The van der Waals surface area contributed by atoms with Crippen molar-refractivity contribution in [3.63, 3.8) is 0 Å². The molecule has 1 saturated heterocycles. The van der Waals surface area contributed by atoms with Crippen LogP contribution in [0.15, 0.2) is 24.3 Å². The van der Waals surface area contributed by atoms with E-state index in [9.17, 15) is 4.79 Å². The van der Waals surface area contributed by atoms with Gasteiger partial charge in [0.2, 0.25) is 0 Å². The first-order chi connectivity index (χ1) is 9.08. The molecule has 1 aromatic rings. The van der Waals surface area contributed by atoms with Crippen LogP contribution < -0.4 is 4.90 Å². The number of rotatable bonds is 5. The molecule has 0 aliphatic carbocycles. The number of hydrogen-bond donors (Lipinski definition) is 1. The lowest BCUT2D eigenvalue weighted by atomic mass is 10.0. The Kier molecular flexibility index (Phi) is 4.43. The second kappa shape index (κ2) is 6.06. The molecule has 19 heavy (non-hydrogen) atoms. The molecule has 1 heterocycles. The SMILES string of the molecule is CN(C)c1cccc(C2CCCN2CCC(=O)O)c1. The molecule has 0 aromatic heterocycles. The molecule has 0 saturated carbocycles. The van der Waals surface area contributed by atoms with Gasteiger partial charge in [0, 0.05) is 32.4 Å². The number of hydrogen-bond acceptors (Lipinski definition) is 3. The topological polar surface area (TPSA) is 43.8 Å². The maximum Gasteiger partial charge on any atom is 0.304 e. The quantitative estimate of drug-likeness (QED) is 0.884. The Morgan fingerprint density at radius 2 is 2.26 bits per heavy atom. The maximum absolute atomic E-state index is 10.7. The predicted molar refractivity (Wildman–Crippen MR) is 76.6 cm³/mol. The number of benzene rings is 1. The van der Waals surface area contributed by atoms with Gasteiger partial charge in [-0.3, -0.25) is 9.69 Å². The summed E-state index contributed by atoms with van der Waals surface area (Å²) in [5.74, 6) is -0.715. The molecule has 1 unspecified atom stereocenters. The van der Waals surface area contributed by atoms with E-state index in [1.165, 1.54) is 11.3 Å². The minimum absolute atomic E-state index is 0.226. The van der Waals surface area contributed by atoms with E-state index in [0.29, 0.717) is 12.6 Å². The van der Waals surface area contributed by atoms with Crippen molar-refractivity contribution >= 4 is 11.7 Å². The van der Waals surface area contributed by atoms with Crippen molar-refractivity contribution in [1.29, 1.82) is 0 Å². The Labute approximate surface area is 114 Å². The molecule has 4 nitrogen and oxygen atoms in total. The number of carbonyl (C=O) groups is 1. The van der Waals surface area contributed by atoms with E-state index in [2.05, 4.69) is 34.1 Å². The second-order valence-electron chi connectivity index (χ2n) is 5.33. The Hall–Kier alpha value is -1.55. The molecule has 0 spiro atoms. The lowest BCUT2D eigenvalue weighted by Crippen LogP contribution is -2.26. The summed E-state index contributed by atoms with van der Waals surface area (Å²) in [5.41, 5.74) is 2.50. The molecule has 0 radical (unpaired) electrons. The summed E-state index contributed by atoms with van der Waals surface area (Å²) in [6.07, 6.45) is 2.50. The summed E-state index contributed by atoms with van der Waals surface area (Å²) in [5, 5.41) is 8.81. The smallest absolute Gasteiger partial charge is 0.304 e. The van der Waals surface area contributed by atoms with E-state index in [1.54, 1.807) is 0 Å². The lowest BCUT2D eigenvalue weighted by Gasteiger charge is -2.25. The number of anilines is 1. The normalized spacial score (nSPS) is 19.6. The number of nitrogens with zero attached hydrogens (tertiary/aromatic N) is 2. The van der Waals surface area contributed by atoms with E-state index in [1.807, 2.05) is 14.1 Å². The summed E-state index contributed by atoms with van der Waals surface area (Å²) < 4.78 is 0. The zero-order valence-corrected chi connectivity index (χ0v) is 11.7. The molecule has 1 aliphatic heterocycles. The minimum atomic E-state index is -0.715. The van der Waals surface area contributed by atoms with Crippen LogP contribution in [-0.2, 0) is 4.79 Å². The van der Waals surface area contributed by atoms with Gasteiger partial charge in [0.1, 0.15) is 0 Å². The standard InChI is InChI=1S/C15H22N2O2/c1-16(2)13-6-3-5-12(11-13)14-7-4-9-17(14)10-8-15(18)19/h3,5-6,11,14H,4,7-10H2,1-2H3,(H,18,19). The molecular weight excluding hydrogens is 240 g/mol. The maximum atomic E-state index is 10.7. The molecule has 1 atom stereocenters. The number of carboxylic acids is 1. The zero-order valence-electron chi connectivity index (χ0n) is 11.7. The van der Waals surface area contributed by atoms with Crippen molar-refractivity contribution in [2.45, 2.75) is 25.3 Å². The fourth-order valence-corrected chi connectivity index (χ4v) is 2.72. The molecule has 2 rings (SSSR count). The molecular formula is C15H22N2O2.